The number of rotatable bonds is 5. The summed E-state index contributed by atoms with van der Waals surface area (Å²) in [5.74, 6) is 0.742. The molecule has 3 aliphatic rings. The van der Waals surface area contributed by atoms with Gasteiger partial charge in [-0.1, -0.05) is 0 Å². The fourth-order valence-corrected chi connectivity index (χ4v) is 4.11. The van der Waals surface area contributed by atoms with E-state index in [-0.39, 0.29) is 0 Å². The van der Waals surface area contributed by atoms with E-state index in [4.69, 9.17) is 9.72 Å². The summed E-state index contributed by atoms with van der Waals surface area (Å²) in [6, 6.07) is 0.772. The summed E-state index contributed by atoms with van der Waals surface area (Å²) < 4.78 is 5.76. The van der Waals surface area contributed by atoms with Crippen molar-refractivity contribution in [1.29, 1.82) is 0 Å². The number of anilines is 1. The molecule has 4 nitrogen and oxygen atoms in total. The van der Waals surface area contributed by atoms with Crippen molar-refractivity contribution in [2.45, 2.75) is 63.6 Å². The van der Waals surface area contributed by atoms with Gasteiger partial charge in [0.15, 0.2) is 5.13 Å². The lowest BCUT2D eigenvalue weighted by molar-refractivity contribution is 0.0821. The van der Waals surface area contributed by atoms with Crippen LogP contribution in [0.3, 0.4) is 0 Å². The standard InChI is InChI=1S/C16H25N3OS/c1-11-10-19(7-2-8-20-11)16-18-15(12-3-4-12)14(21-16)9-17-13-5-6-13/h11-13,17H,2-10H2,1H3. The minimum absolute atomic E-state index is 0.314. The van der Waals surface area contributed by atoms with Crippen LogP contribution < -0.4 is 10.2 Å². The summed E-state index contributed by atoms with van der Waals surface area (Å²) in [5, 5.41) is 4.88. The Balaban J connectivity index is 1.51. The first-order valence-electron chi connectivity index (χ1n) is 8.39. The van der Waals surface area contributed by atoms with E-state index in [0.29, 0.717) is 6.10 Å². The molecule has 2 saturated carbocycles. The Bertz CT molecular complexity index is 496. The Labute approximate surface area is 130 Å². The van der Waals surface area contributed by atoms with Crippen molar-refractivity contribution in [2.75, 3.05) is 24.6 Å². The number of hydrogen-bond donors (Lipinski definition) is 1. The normalized spacial score (nSPS) is 26.9. The molecule has 0 amide bonds. The van der Waals surface area contributed by atoms with Crippen molar-refractivity contribution in [3.05, 3.63) is 10.6 Å². The molecule has 1 unspecified atom stereocenters. The lowest BCUT2D eigenvalue weighted by Crippen LogP contribution is -2.29. The van der Waals surface area contributed by atoms with Crippen LogP contribution in [0.5, 0.6) is 0 Å². The van der Waals surface area contributed by atoms with Gasteiger partial charge in [0.1, 0.15) is 0 Å². The molecule has 1 atom stereocenters. The largest absolute Gasteiger partial charge is 0.377 e. The molecule has 4 rings (SSSR count). The average molecular weight is 307 g/mol. The molecule has 0 spiro atoms. The molecular weight excluding hydrogens is 282 g/mol. The first kappa shape index (κ1) is 14.0. The summed E-state index contributed by atoms with van der Waals surface area (Å²) in [6.45, 7) is 6.14. The first-order valence-corrected chi connectivity index (χ1v) is 9.21. The highest BCUT2D eigenvalue weighted by Crippen LogP contribution is 2.44. The molecule has 0 aromatic carbocycles. The fraction of sp³-hybridized carbons (Fsp3) is 0.812. The quantitative estimate of drug-likeness (QED) is 0.907. The lowest BCUT2D eigenvalue weighted by atomic mass is 10.2. The van der Waals surface area contributed by atoms with Gasteiger partial charge in [0.05, 0.1) is 11.8 Å². The van der Waals surface area contributed by atoms with Crippen molar-refractivity contribution < 1.29 is 4.74 Å². The third kappa shape index (κ3) is 3.41. The van der Waals surface area contributed by atoms with E-state index in [2.05, 4.69) is 17.1 Å². The Morgan fingerprint density at radius 1 is 1.33 bits per heavy atom. The number of hydrogen-bond acceptors (Lipinski definition) is 5. The third-order valence-electron chi connectivity index (χ3n) is 4.53. The van der Waals surface area contributed by atoms with E-state index < -0.39 is 0 Å². The molecule has 2 heterocycles. The maximum Gasteiger partial charge on any atom is 0.185 e. The van der Waals surface area contributed by atoms with Crippen molar-refractivity contribution in [1.82, 2.24) is 10.3 Å². The van der Waals surface area contributed by atoms with E-state index in [1.165, 1.54) is 41.4 Å². The second-order valence-corrected chi connectivity index (χ2v) is 7.78. The van der Waals surface area contributed by atoms with E-state index >= 15 is 0 Å². The minimum atomic E-state index is 0.314. The molecule has 1 aromatic heterocycles. The summed E-state index contributed by atoms with van der Waals surface area (Å²) in [6.07, 6.45) is 6.79. The summed E-state index contributed by atoms with van der Waals surface area (Å²) >= 11 is 1.91. The van der Waals surface area contributed by atoms with Crippen LogP contribution in [0.15, 0.2) is 0 Å². The second kappa shape index (κ2) is 5.86. The molecule has 0 radical (unpaired) electrons. The molecule has 1 aromatic rings. The first-order chi connectivity index (χ1) is 10.3. The van der Waals surface area contributed by atoms with Crippen molar-refractivity contribution in [3.63, 3.8) is 0 Å². The van der Waals surface area contributed by atoms with Crippen LogP contribution in [0.4, 0.5) is 5.13 Å². The molecule has 0 bridgehead atoms. The topological polar surface area (TPSA) is 37.4 Å². The van der Waals surface area contributed by atoms with Gasteiger partial charge in [-0.3, -0.25) is 0 Å². The van der Waals surface area contributed by atoms with Gasteiger partial charge in [-0.2, -0.15) is 0 Å². The molecule has 1 aliphatic heterocycles. The van der Waals surface area contributed by atoms with Gasteiger partial charge in [-0.25, -0.2) is 4.98 Å². The van der Waals surface area contributed by atoms with Gasteiger partial charge in [-0.15, -0.1) is 11.3 Å². The zero-order chi connectivity index (χ0) is 14.2. The molecular formula is C16H25N3OS. The number of nitrogens with zero attached hydrogens (tertiary/aromatic N) is 2. The molecule has 1 saturated heterocycles. The monoisotopic (exact) mass is 307 g/mol. The molecule has 116 valence electrons. The van der Waals surface area contributed by atoms with Gasteiger partial charge in [0.25, 0.3) is 0 Å². The van der Waals surface area contributed by atoms with Crippen LogP contribution in [0.1, 0.15) is 55.5 Å². The van der Waals surface area contributed by atoms with E-state index in [0.717, 1.165) is 44.6 Å². The minimum Gasteiger partial charge on any atom is -0.377 e. The zero-order valence-corrected chi connectivity index (χ0v) is 13.6. The lowest BCUT2D eigenvalue weighted by Gasteiger charge is -2.20. The Morgan fingerprint density at radius 2 is 2.19 bits per heavy atom. The summed E-state index contributed by atoms with van der Waals surface area (Å²) in [4.78, 5) is 8.94. The SMILES string of the molecule is CC1CN(c2nc(C3CC3)c(CNC3CC3)s2)CCCO1. The Hall–Kier alpha value is -0.650. The van der Waals surface area contributed by atoms with Crippen molar-refractivity contribution in [2.24, 2.45) is 0 Å². The van der Waals surface area contributed by atoms with Crippen LogP contribution in [0, 0.1) is 0 Å². The summed E-state index contributed by atoms with van der Waals surface area (Å²) in [5.41, 5.74) is 1.39. The van der Waals surface area contributed by atoms with Gasteiger partial charge in [0, 0.05) is 43.1 Å². The molecule has 3 fully saturated rings. The number of nitrogens with one attached hydrogen (secondary N) is 1. The average Bonchev–Trinajstić information content (AvgIpc) is 3.36. The Morgan fingerprint density at radius 3 is 2.95 bits per heavy atom. The predicted molar refractivity (Wildman–Crippen MR) is 86.2 cm³/mol. The predicted octanol–water partition coefficient (Wildman–Crippen LogP) is 2.89. The van der Waals surface area contributed by atoms with Crippen LogP contribution in [-0.2, 0) is 11.3 Å². The van der Waals surface area contributed by atoms with Crippen molar-refractivity contribution >= 4 is 16.5 Å². The van der Waals surface area contributed by atoms with E-state index in [1.54, 1.807) is 0 Å². The maximum absolute atomic E-state index is 5.76. The zero-order valence-electron chi connectivity index (χ0n) is 12.8. The number of thiazole rings is 1. The smallest absolute Gasteiger partial charge is 0.185 e. The second-order valence-electron chi connectivity index (χ2n) is 6.72. The molecule has 21 heavy (non-hydrogen) atoms. The van der Waals surface area contributed by atoms with Crippen LogP contribution in [-0.4, -0.2) is 36.8 Å². The van der Waals surface area contributed by atoms with Crippen LogP contribution in [0.2, 0.25) is 0 Å². The molecule has 5 heteroatoms. The molecule has 1 N–H and O–H groups in total. The number of ether oxygens (including phenoxy) is 1. The van der Waals surface area contributed by atoms with Gasteiger partial charge in [-0.05, 0) is 39.0 Å². The van der Waals surface area contributed by atoms with Gasteiger partial charge in [0.2, 0.25) is 0 Å². The fourth-order valence-electron chi connectivity index (χ4n) is 2.98. The third-order valence-corrected chi connectivity index (χ3v) is 5.66. The number of aromatic nitrogens is 1. The highest BCUT2D eigenvalue weighted by molar-refractivity contribution is 7.15. The molecule has 2 aliphatic carbocycles. The van der Waals surface area contributed by atoms with Gasteiger partial charge >= 0.3 is 0 Å². The van der Waals surface area contributed by atoms with Gasteiger partial charge < -0.3 is 15.0 Å². The Kier molecular flexibility index (Phi) is 3.90. The highest BCUT2D eigenvalue weighted by atomic mass is 32.1. The van der Waals surface area contributed by atoms with Crippen LogP contribution >= 0.6 is 11.3 Å². The summed E-state index contributed by atoms with van der Waals surface area (Å²) in [7, 11) is 0. The van der Waals surface area contributed by atoms with Crippen LogP contribution in [0.25, 0.3) is 0 Å². The maximum atomic E-state index is 5.76. The van der Waals surface area contributed by atoms with E-state index in [1.807, 2.05) is 11.3 Å². The van der Waals surface area contributed by atoms with E-state index in [9.17, 15) is 0 Å². The highest BCUT2D eigenvalue weighted by Gasteiger charge is 2.31. The van der Waals surface area contributed by atoms with Crippen molar-refractivity contribution in [3.8, 4) is 0 Å².